The van der Waals surface area contributed by atoms with Crippen molar-refractivity contribution in [3.63, 3.8) is 0 Å². The van der Waals surface area contributed by atoms with Crippen LogP contribution in [0.4, 0.5) is 26.3 Å². The molecule has 0 aliphatic heterocycles. The normalized spacial score (nSPS) is 11.8. The molecule has 0 saturated carbocycles. The lowest BCUT2D eigenvalue weighted by atomic mass is 10.0. The van der Waals surface area contributed by atoms with E-state index in [1.54, 1.807) is 0 Å². The molecule has 0 bridgehead atoms. The number of nitriles is 1. The van der Waals surface area contributed by atoms with Gasteiger partial charge in [-0.15, -0.1) is 13.2 Å². The van der Waals surface area contributed by atoms with Crippen molar-refractivity contribution in [1.82, 2.24) is 0 Å². The third-order valence-electron chi connectivity index (χ3n) is 2.42. The molecule has 0 saturated heterocycles. The molecule has 1 aromatic carbocycles. The molecule has 0 spiro atoms. The molecule has 1 rings (SSSR count). The van der Waals surface area contributed by atoms with Gasteiger partial charge in [-0.05, 0) is 36.4 Å². The Kier molecular flexibility index (Phi) is 6.36. The Morgan fingerprint density at radius 2 is 1.88 bits per heavy atom. The molecule has 0 unspecified atom stereocenters. The minimum atomic E-state index is -5.15. The first-order valence-corrected chi connectivity index (χ1v) is 7.01. The highest BCUT2D eigenvalue weighted by Gasteiger charge is 2.35. The summed E-state index contributed by atoms with van der Waals surface area (Å²) in [5.74, 6) is -1.97. The van der Waals surface area contributed by atoms with Gasteiger partial charge in [0.15, 0.2) is 0 Å². The van der Waals surface area contributed by atoms with Crippen LogP contribution in [0.1, 0.15) is 18.1 Å². The Morgan fingerprint density at radius 1 is 1.25 bits per heavy atom. The van der Waals surface area contributed by atoms with Crippen molar-refractivity contribution in [2.75, 3.05) is 6.61 Å². The van der Waals surface area contributed by atoms with E-state index < -0.39 is 57.8 Å². The van der Waals surface area contributed by atoms with Crippen LogP contribution in [-0.2, 0) is 16.0 Å². The molecule has 24 heavy (non-hydrogen) atoms. The first kappa shape index (κ1) is 20.0. The molecule has 0 N–H and O–H groups in total. The maximum absolute atomic E-state index is 12.6. The van der Waals surface area contributed by atoms with Crippen molar-refractivity contribution < 1.29 is 40.6 Å². The molecule has 0 aromatic heterocycles. The number of halogens is 6. The Hall–Kier alpha value is -2.09. The third kappa shape index (κ3) is 6.19. The molecule has 1 aromatic rings. The summed E-state index contributed by atoms with van der Waals surface area (Å²) in [6.07, 6.45) is -5.95. The summed E-state index contributed by atoms with van der Waals surface area (Å²) >= 11 is -0.652. The van der Waals surface area contributed by atoms with Gasteiger partial charge in [-0.3, -0.25) is 4.79 Å². The Morgan fingerprint density at radius 3 is 2.33 bits per heavy atom. The number of hydrogen-bond acceptors (Lipinski definition) is 5. The van der Waals surface area contributed by atoms with Crippen molar-refractivity contribution in [3.8, 4) is 11.8 Å². The molecular formula is C13H9F6NO3S. The van der Waals surface area contributed by atoms with E-state index in [1.165, 1.54) is 13.0 Å². The van der Waals surface area contributed by atoms with E-state index in [0.29, 0.717) is 12.1 Å². The van der Waals surface area contributed by atoms with Crippen molar-refractivity contribution in [2.24, 2.45) is 0 Å². The van der Waals surface area contributed by atoms with Gasteiger partial charge in [0.05, 0.1) is 18.6 Å². The van der Waals surface area contributed by atoms with Crippen LogP contribution in [0.2, 0.25) is 0 Å². The highest BCUT2D eigenvalue weighted by Crippen LogP contribution is 2.42. The number of carbonyl (C=O) groups is 1. The number of ether oxygens (including phenoxy) is 2. The molecule has 0 heterocycles. The van der Waals surface area contributed by atoms with Gasteiger partial charge in [-0.2, -0.15) is 18.4 Å². The standard InChI is InChI=1S/C13H9F6NO3S/c1-2-22-11(21)5-7-8(6-20)9(23-12(14,15)16)3-4-10(7)24-13(17,18)19/h3-4H,2,5H2,1H3. The van der Waals surface area contributed by atoms with Crippen molar-refractivity contribution >= 4 is 17.7 Å². The Balaban J connectivity index is 3.40. The number of nitrogens with zero attached hydrogens (tertiary/aromatic N) is 1. The maximum Gasteiger partial charge on any atom is 0.573 e. The van der Waals surface area contributed by atoms with Crippen LogP contribution in [0.15, 0.2) is 17.0 Å². The highest BCUT2D eigenvalue weighted by molar-refractivity contribution is 8.00. The van der Waals surface area contributed by atoms with E-state index in [0.717, 1.165) is 0 Å². The van der Waals surface area contributed by atoms with Crippen LogP contribution in [-0.4, -0.2) is 24.4 Å². The molecule has 0 fully saturated rings. The van der Waals surface area contributed by atoms with E-state index in [9.17, 15) is 31.1 Å². The zero-order chi connectivity index (χ0) is 18.5. The molecule has 0 aliphatic rings. The monoisotopic (exact) mass is 373 g/mol. The number of esters is 1. The summed E-state index contributed by atoms with van der Waals surface area (Å²) in [5, 5.41) is 9.02. The summed E-state index contributed by atoms with van der Waals surface area (Å²) in [4.78, 5) is 10.9. The second kappa shape index (κ2) is 7.65. The molecule has 132 valence electrons. The molecule has 4 nitrogen and oxygen atoms in total. The summed E-state index contributed by atoms with van der Waals surface area (Å²) in [6, 6.07) is 2.64. The predicted octanol–water partition coefficient (Wildman–Crippen LogP) is 4.17. The van der Waals surface area contributed by atoms with Gasteiger partial charge >= 0.3 is 17.8 Å². The van der Waals surface area contributed by atoms with Crippen LogP contribution in [0.25, 0.3) is 0 Å². The molecule has 0 radical (unpaired) electrons. The highest BCUT2D eigenvalue weighted by atomic mass is 32.2. The number of hydrogen-bond donors (Lipinski definition) is 0. The minimum Gasteiger partial charge on any atom is -0.466 e. The zero-order valence-electron chi connectivity index (χ0n) is 11.9. The van der Waals surface area contributed by atoms with E-state index in [1.807, 2.05) is 0 Å². The van der Waals surface area contributed by atoms with Crippen molar-refractivity contribution in [2.45, 2.75) is 30.1 Å². The fraction of sp³-hybridized carbons (Fsp3) is 0.385. The van der Waals surface area contributed by atoms with Crippen LogP contribution >= 0.6 is 11.8 Å². The predicted molar refractivity (Wildman–Crippen MR) is 70.1 cm³/mol. The number of alkyl halides is 6. The second-order valence-corrected chi connectivity index (χ2v) is 5.21. The first-order valence-electron chi connectivity index (χ1n) is 6.20. The van der Waals surface area contributed by atoms with Crippen LogP contribution in [0.3, 0.4) is 0 Å². The third-order valence-corrected chi connectivity index (χ3v) is 3.26. The van der Waals surface area contributed by atoms with Gasteiger partial charge in [-0.1, -0.05) is 0 Å². The van der Waals surface area contributed by atoms with E-state index in [2.05, 4.69) is 9.47 Å². The fourth-order valence-corrected chi connectivity index (χ4v) is 2.37. The van der Waals surface area contributed by atoms with Gasteiger partial charge in [0.1, 0.15) is 11.8 Å². The maximum atomic E-state index is 12.6. The van der Waals surface area contributed by atoms with E-state index in [4.69, 9.17) is 5.26 Å². The van der Waals surface area contributed by atoms with Crippen molar-refractivity contribution in [1.29, 1.82) is 5.26 Å². The topological polar surface area (TPSA) is 59.3 Å². The summed E-state index contributed by atoms with van der Waals surface area (Å²) < 4.78 is 82.9. The van der Waals surface area contributed by atoms with Gasteiger partial charge in [0.2, 0.25) is 0 Å². The minimum absolute atomic E-state index is 0.0821. The van der Waals surface area contributed by atoms with E-state index >= 15 is 0 Å². The quantitative estimate of drug-likeness (QED) is 0.440. The van der Waals surface area contributed by atoms with Crippen molar-refractivity contribution in [3.05, 3.63) is 23.3 Å². The second-order valence-electron chi connectivity index (χ2n) is 4.10. The fourth-order valence-electron chi connectivity index (χ4n) is 1.69. The number of carbonyl (C=O) groups excluding carboxylic acids is 1. The molecule has 0 atom stereocenters. The van der Waals surface area contributed by atoms with Crippen LogP contribution in [0, 0.1) is 11.3 Å². The van der Waals surface area contributed by atoms with Gasteiger partial charge < -0.3 is 9.47 Å². The number of benzene rings is 1. The van der Waals surface area contributed by atoms with E-state index in [-0.39, 0.29) is 6.61 Å². The molecule has 0 aliphatic carbocycles. The SMILES string of the molecule is CCOC(=O)Cc1c(SC(F)(F)F)ccc(OC(F)(F)F)c1C#N. The Bertz CT molecular complexity index is 651. The largest absolute Gasteiger partial charge is 0.573 e. The number of thioether (sulfide) groups is 1. The first-order chi connectivity index (χ1) is 11.0. The zero-order valence-corrected chi connectivity index (χ0v) is 12.7. The average molecular weight is 373 g/mol. The number of rotatable bonds is 5. The van der Waals surface area contributed by atoms with Crippen LogP contribution in [0.5, 0.6) is 5.75 Å². The average Bonchev–Trinajstić information content (AvgIpc) is 2.39. The lowest BCUT2D eigenvalue weighted by molar-refractivity contribution is -0.274. The van der Waals surface area contributed by atoms with Crippen LogP contribution < -0.4 is 4.74 Å². The smallest absolute Gasteiger partial charge is 0.466 e. The molecular weight excluding hydrogens is 364 g/mol. The summed E-state index contributed by atoms with van der Waals surface area (Å²) in [7, 11) is 0. The van der Waals surface area contributed by atoms with Gasteiger partial charge in [-0.25, -0.2) is 0 Å². The lowest BCUT2D eigenvalue weighted by Crippen LogP contribution is -2.19. The van der Waals surface area contributed by atoms with Gasteiger partial charge in [0.25, 0.3) is 0 Å². The summed E-state index contributed by atoms with van der Waals surface area (Å²) in [6.45, 7) is 1.36. The molecule has 0 amide bonds. The molecule has 11 heteroatoms. The van der Waals surface area contributed by atoms with Gasteiger partial charge in [0, 0.05) is 4.90 Å². The Labute approximate surface area is 136 Å². The summed E-state index contributed by atoms with van der Waals surface area (Å²) in [5.41, 5.74) is -6.11. The lowest BCUT2D eigenvalue weighted by Gasteiger charge is -2.16.